The molecule has 0 atom stereocenters. The van der Waals surface area contributed by atoms with Crippen LogP contribution in [-0.2, 0) is 0 Å². The van der Waals surface area contributed by atoms with Gasteiger partial charge < -0.3 is 9.88 Å². The van der Waals surface area contributed by atoms with Gasteiger partial charge in [-0.3, -0.25) is 0 Å². The van der Waals surface area contributed by atoms with Crippen molar-refractivity contribution in [3.63, 3.8) is 0 Å². The number of anilines is 2. The molecule has 33 heavy (non-hydrogen) atoms. The highest BCUT2D eigenvalue weighted by Crippen LogP contribution is 2.32. The molecule has 0 unspecified atom stereocenters. The summed E-state index contributed by atoms with van der Waals surface area (Å²) >= 11 is 0. The Balaban J connectivity index is 1.29. The van der Waals surface area contributed by atoms with Crippen LogP contribution in [0.2, 0.25) is 0 Å². The zero-order chi connectivity index (χ0) is 22.2. The minimum absolute atomic E-state index is 1.07. The summed E-state index contributed by atoms with van der Waals surface area (Å²) in [4.78, 5) is 0. The molecule has 0 saturated heterocycles. The van der Waals surface area contributed by atoms with E-state index in [2.05, 4.69) is 138 Å². The Morgan fingerprint density at radius 3 is 1.48 bits per heavy atom. The Labute approximate surface area is 193 Å². The molecule has 2 nitrogen and oxygen atoms in total. The second kappa shape index (κ2) is 7.99. The third-order valence-electron chi connectivity index (χ3n) is 6.26. The maximum absolute atomic E-state index is 3.53. The molecule has 1 heterocycles. The summed E-state index contributed by atoms with van der Waals surface area (Å²) in [6, 6.07) is 43.1. The molecule has 0 aliphatic rings. The van der Waals surface area contributed by atoms with Crippen LogP contribution < -0.4 is 5.32 Å². The molecule has 0 amide bonds. The van der Waals surface area contributed by atoms with Crippen LogP contribution >= 0.6 is 0 Å². The molecule has 0 aliphatic carbocycles. The smallest absolute Gasteiger partial charge is 0.0541 e. The summed E-state index contributed by atoms with van der Waals surface area (Å²) in [6.45, 7) is 2.11. The fourth-order valence-electron chi connectivity index (χ4n) is 4.55. The molecule has 0 bridgehead atoms. The van der Waals surface area contributed by atoms with Gasteiger partial charge in [0.1, 0.15) is 0 Å². The van der Waals surface area contributed by atoms with Crippen molar-refractivity contribution in [3.8, 4) is 16.8 Å². The summed E-state index contributed by atoms with van der Waals surface area (Å²) in [5.41, 5.74) is 9.51. The fraction of sp³-hybridized carbons (Fsp3) is 0.0323. The Kier molecular flexibility index (Phi) is 4.70. The maximum atomic E-state index is 3.53. The molecule has 158 valence electrons. The Bertz CT molecular complexity index is 1500. The molecule has 0 fully saturated rings. The van der Waals surface area contributed by atoms with Crippen molar-refractivity contribution in [2.75, 3.05) is 5.32 Å². The monoisotopic (exact) mass is 424 g/mol. The molecular weight excluding hydrogens is 400 g/mol. The highest BCUT2D eigenvalue weighted by Gasteiger charge is 2.11. The summed E-state index contributed by atoms with van der Waals surface area (Å²) in [6.07, 6.45) is 0. The summed E-state index contributed by atoms with van der Waals surface area (Å²) in [5, 5.41) is 6.09. The summed E-state index contributed by atoms with van der Waals surface area (Å²) < 4.78 is 2.34. The van der Waals surface area contributed by atoms with Crippen LogP contribution in [0.1, 0.15) is 5.56 Å². The van der Waals surface area contributed by atoms with Crippen LogP contribution in [0.15, 0.2) is 121 Å². The van der Waals surface area contributed by atoms with Gasteiger partial charge in [0.2, 0.25) is 0 Å². The first-order valence-electron chi connectivity index (χ1n) is 11.3. The van der Waals surface area contributed by atoms with E-state index in [0.29, 0.717) is 0 Å². The second-order valence-corrected chi connectivity index (χ2v) is 8.48. The maximum Gasteiger partial charge on any atom is 0.0541 e. The van der Waals surface area contributed by atoms with E-state index in [4.69, 9.17) is 0 Å². The van der Waals surface area contributed by atoms with Crippen LogP contribution in [0.4, 0.5) is 11.4 Å². The molecule has 1 aromatic heterocycles. The molecule has 6 rings (SSSR count). The SMILES string of the molecule is Cc1ccc(-c2ccc(Nc3ccc(-n4c5ccccc5c5ccccc54)cc3)cc2)cc1. The predicted molar refractivity (Wildman–Crippen MR) is 141 cm³/mol. The van der Waals surface area contributed by atoms with Crippen LogP contribution in [0.5, 0.6) is 0 Å². The molecule has 6 aromatic rings. The fourth-order valence-corrected chi connectivity index (χ4v) is 4.55. The van der Waals surface area contributed by atoms with Gasteiger partial charge in [0.05, 0.1) is 11.0 Å². The van der Waals surface area contributed by atoms with Crippen LogP contribution in [0.25, 0.3) is 38.6 Å². The lowest BCUT2D eigenvalue weighted by atomic mass is 10.0. The van der Waals surface area contributed by atoms with E-state index in [9.17, 15) is 0 Å². The van der Waals surface area contributed by atoms with E-state index < -0.39 is 0 Å². The van der Waals surface area contributed by atoms with Crippen molar-refractivity contribution in [3.05, 3.63) is 127 Å². The molecule has 5 aromatic carbocycles. The van der Waals surface area contributed by atoms with Crippen molar-refractivity contribution in [2.45, 2.75) is 6.92 Å². The zero-order valence-corrected chi connectivity index (χ0v) is 18.5. The van der Waals surface area contributed by atoms with E-state index in [0.717, 1.165) is 17.1 Å². The van der Waals surface area contributed by atoms with Gasteiger partial charge >= 0.3 is 0 Å². The summed E-state index contributed by atoms with van der Waals surface area (Å²) in [7, 11) is 0. The predicted octanol–water partition coefficient (Wildman–Crippen LogP) is 8.50. The minimum atomic E-state index is 1.07. The van der Waals surface area contributed by atoms with Gasteiger partial charge in [-0.2, -0.15) is 0 Å². The van der Waals surface area contributed by atoms with E-state index in [-0.39, 0.29) is 0 Å². The largest absolute Gasteiger partial charge is 0.356 e. The Morgan fingerprint density at radius 2 is 0.939 bits per heavy atom. The summed E-state index contributed by atoms with van der Waals surface area (Å²) in [5.74, 6) is 0. The van der Waals surface area contributed by atoms with Crippen molar-refractivity contribution >= 4 is 33.2 Å². The lowest BCUT2D eigenvalue weighted by Gasteiger charge is -2.11. The number of aromatic nitrogens is 1. The van der Waals surface area contributed by atoms with E-state index in [1.807, 2.05) is 0 Å². The molecule has 2 heteroatoms. The number of rotatable bonds is 4. The van der Waals surface area contributed by atoms with Gasteiger partial charge in [-0.1, -0.05) is 78.4 Å². The van der Waals surface area contributed by atoms with Gasteiger partial charge in [-0.25, -0.2) is 0 Å². The zero-order valence-electron chi connectivity index (χ0n) is 18.5. The number of fused-ring (bicyclic) bond motifs is 3. The van der Waals surface area contributed by atoms with Gasteiger partial charge in [-0.05, 0) is 66.6 Å². The van der Waals surface area contributed by atoms with Gasteiger partial charge in [0.15, 0.2) is 0 Å². The van der Waals surface area contributed by atoms with Crippen LogP contribution in [0.3, 0.4) is 0 Å². The third-order valence-corrected chi connectivity index (χ3v) is 6.26. The van der Waals surface area contributed by atoms with Crippen molar-refractivity contribution in [1.29, 1.82) is 0 Å². The third kappa shape index (κ3) is 3.56. The topological polar surface area (TPSA) is 17.0 Å². The highest BCUT2D eigenvalue weighted by molar-refractivity contribution is 6.09. The van der Waals surface area contributed by atoms with Crippen molar-refractivity contribution in [1.82, 2.24) is 4.57 Å². The quantitative estimate of drug-likeness (QED) is 0.300. The number of nitrogens with zero attached hydrogens (tertiary/aromatic N) is 1. The minimum Gasteiger partial charge on any atom is -0.356 e. The Morgan fingerprint density at radius 1 is 0.485 bits per heavy atom. The number of hydrogen-bond acceptors (Lipinski definition) is 1. The number of benzene rings is 5. The first-order valence-corrected chi connectivity index (χ1v) is 11.3. The average molecular weight is 425 g/mol. The molecule has 0 spiro atoms. The molecule has 0 saturated carbocycles. The number of aryl methyl sites for hydroxylation is 1. The van der Waals surface area contributed by atoms with E-state index >= 15 is 0 Å². The van der Waals surface area contributed by atoms with Crippen LogP contribution in [0, 0.1) is 6.92 Å². The standard InChI is InChI=1S/C31H24N2/c1-22-10-12-23(13-11-22)24-14-16-25(17-15-24)32-26-18-20-27(21-19-26)33-30-8-4-2-6-28(30)29-7-3-5-9-31(29)33/h2-21,32H,1H3. The Hall–Kier alpha value is -4.30. The number of nitrogens with one attached hydrogen (secondary N) is 1. The molecule has 0 radical (unpaired) electrons. The second-order valence-electron chi connectivity index (χ2n) is 8.48. The normalized spacial score (nSPS) is 11.2. The van der Waals surface area contributed by atoms with Gasteiger partial charge in [0, 0.05) is 27.8 Å². The average Bonchev–Trinajstić information content (AvgIpc) is 3.20. The van der Waals surface area contributed by atoms with E-state index in [1.165, 1.54) is 38.5 Å². The number of hydrogen-bond donors (Lipinski definition) is 1. The lowest BCUT2D eigenvalue weighted by Crippen LogP contribution is -1.95. The molecular formula is C31H24N2. The van der Waals surface area contributed by atoms with Gasteiger partial charge in [-0.15, -0.1) is 0 Å². The van der Waals surface area contributed by atoms with Crippen LogP contribution in [-0.4, -0.2) is 4.57 Å². The van der Waals surface area contributed by atoms with Crippen molar-refractivity contribution in [2.24, 2.45) is 0 Å². The molecule has 0 aliphatic heterocycles. The molecule has 1 N–H and O–H groups in total. The van der Waals surface area contributed by atoms with Gasteiger partial charge in [0.25, 0.3) is 0 Å². The number of para-hydroxylation sites is 2. The highest BCUT2D eigenvalue weighted by atomic mass is 15.0. The van der Waals surface area contributed by atoms with Crippen molar-refractivity contribution < 1.29 is 0 Å². The lowest BCUT2D eigenvalue weighted by molar-refractivity contribution is 1.18. The van der Waals surface area contributed by atoms with E-state index in [1.54, 1.807) is 0 Å². The first kappa shape index (κ1) is 19.4. The first-order chi connectivity index (χ1) is 16.3.